The number of hydrogen-bond acceptors (Lipinski definition) is 4. The lowest BCUT2D eigenvalue weighted by molar-refractivity contribution is -0.143. The van der Waals surface area contributed by atoms with E-state index in [2.05, 4.69) is 0 Å². The zero-order valence-electron chi connectivity index (χ0n) is 15.5. The van der Waals surface area contributed by atoms with E-state index in [1.807, 2.05) is 47.0 Å². The molecule has 2 heterocycles. The van der Waals surface area contributed by atoms with Gasteiger partial charge in [-0.25, -0.2) is 4.98 Å². The summed E-state index contributed by atoms with van der Waals surface area (Å²) >= 11 is 6.29. The molecule has 0 aliphatic carbocycles. The first-order valence-corrected chi connectivity index (χ1v) is 9.62. The molecule has 6 nitrogen and oxygen atoms in total. The summed E-state index contributed by atoms with van der Waals surface area (Å²) in [6.45, 7) is 2.64. The Labute approximate surface area is 167 Å². The SMILES string of the molecule is CCOC(=O)Cn1c([C@H]2CC(=O)N(c3ccccc3Cl)C2)nc2ccccc21. The molecule has 2 aromatic carbocycles. The monoisotopic (exact) mass is 397 g/mol. The summed E-state index contributed by atoms with van der Waals surface area (Å²) in [4.78, 5) is 31.3. The van der Waals surface area contributed by atoms with E-state index < -0.39 is 0 Å². The number of benzene rings is 2. The minimum Gasteiger partial charge on any atom is -0.465 e. The van der Waals surface area contributed by atoms with Crippen LogP contribution in [0.15, 0.2) is 48.5 Å². The number of anilines is 1. The average molecular weight is 398 g/mol. The van der Waals surface area contributed by atoms with Crippen molar-refractivity contribution in [3.63, 3.8) is 0 Å². The molecule has 1 saturated heterocycles. The summed E-state index contributed by atoms with van der Waals surface area (Å²) in [5, 5.41) is 0.538. The number of ether oxygens (including phenoxy) is 1. The fraction of sp³-hybridized carbons (Fsp3) is 0.286. The molecule has 7 heteroatoms. The summed E-state index contributed by atoms with van der Waals surface area (Å²) in [5.74, 6) is 0.259. The first kappa shape index (κ1) is 18.5. The van der Waals surface area contributed by atoms with Gasteiger partial charge in [-0.15, -0.1) is 0 Å². The highest BCUT2D eigenvalue weighted by molar-refractivity contribution is 6.33. The quantitative estimate of drug-likeness (QED) is 0.615. The molecule has 0 spiro atoms. The fourth-order valence-electron chi connectivity index (χ4n) is 3.69. The third kappa shape index (κ3) is 3.36. The van der Waals surface area contributed by atoms with Crippen LogP contribution in [0.2, 0.25) is 5.02 Å². The molecule has 0 bridgehead atoms. The van der Waals surface area contributed by atoms with Crippen LogP contribution < -0.4 is 4.90 Å². The highest BCUT2D eigenvalue weighted by Crippen LogP contribution is 2.35. The molecule has 4 rings (SSSR count). The van der Waals surface area contributed by atoms with Crippen molar-refractivity contribution in [1.82, 2.24) is 9.55 Å². The van der Waals surface area contributed by atoms with E-state index >= 15 is 0 Å². The number of halogens is 1. The highest BCUT2D eigenvalue weighted by atomic mass is 35.5. The van der Waals surface area contributed by atoms with Gasteiger partial charge in [-0.2, -0.15) is 0 Å². The van der Waals surface area contributed by atoms with Gasteiger partial charge in [0.2, 0.25) is 5.91 Å². The van der Waals surface area contributed by atoms with E-state index in [1.165, 1.54) is 0 Å². The average Bonchev–Trinajstić information content (AvgIpc) is 3.23. The lowest BCUT2D eigenvalue weighted by Crippen LogP contribution is -2.25. The molecule has 0 radical (unpaired) electrons. The van der Waals surface area contributed by atoms with Crippen molar-refractivity contribution in [3.05, 3.63) is 59.4 Å². The van der Waals surface area contributed by atoms with Crippen LogP contribution in [-0.2, 0) is 20.9 Å². The summed E-state index contributed by atoms with van der Waals surface area (Å²) < 4.78 is 6.99. The van der Waals surface area contributed by atoms with E-state index in [-0.39, 0.29) is 24.3 Å². The van der Waals surface area contributed by atoms with Gasteiger partial charge < -0.3 is 14.2 Å². The Morgan fingerprint density at radius 1 is 1.21 bits per heavy atom. The lowest BCUT2D eigenvalue weighted by atomic mass is 10.1. The molecule has 0 N–H and O–H groups in total. The molecule has 1 aliphatic rings. The Morgan fingerprint density at radius 2 is 1.96 bits per heavy atom. The van der Waals surface area contributed by atoms with Gasteiger partial charge in [0.25, 0.3) is 0 Å². The third-order valence-corrected chi connectivity index (χ3v) is 5.23. The Morgan fingerprint density at radius 3 is 2.75 bits per heavy atom. The number of para-hydroxylation sites is 3. The van der Waals surface area contributed by atoms with Crippen LogP contribution in [-0.4, -0.2) is 34.6 Å². The molecule has 1 aliphatic heterocycles. The van der Waals surface area contributed by atoms with Crippen LogP contribution in [0.4, 0.5) is 5.69 Å². The largest absolute Gasteiger partial charge is 0.465 e. The van der Waals surface area contributed by atoms with Gasteiger partial charge in [-0.1, -0.05) is 35.9 Å². The van der Waals surface area contributed by atoms with Crippen molar-refractivity contribution in [2.24, 2.45) is 0 Å². The summed E-state index contributed by atoms with van der Waals surface area (Å²) in [5.41, 5.74) is 2.35. The molecule has 1 aromatic heterocycles. The van der Waals surface area contributed by atoms with Crippen LogP contribution >= 0.6 is 11.6 Å². The lowest BCUT2D eigenvalue weighted by Gasteiger charge is -2.18. The van der Waals surface area contributed by atoms with Crippen molar-refractivity contribution in [1.29, 1.82) is 0 Å². The Bertz CT molecular complexity index is 1050. The van der Waals surface area contributed by atoms with Crippen LogP contribution in [0.25, 0.3) is 11.0 Å². The van der Waals surface area contributed by atoms with Crippen molar-refractivity contribution in [2.75, 3.05) is 18.1 Å². The van der Waals surface area contributed by atoms with Gasteiger partial charge in [0.15, 0.2) is 0 Å². The van der Waals surface area contributed by atoms with Crippen LogP contribution in [0.1, 0.15) is 25.1 Å². The molecular weight excluding hydrogens is 378 g/mol. The van der Waals surface area contributed by atoms with Gasteiger partial charge in [0, 0.05) is 18.9 Å². The van der Waals surface area contributed by atoms with Crippen LogP contribution in [0.5, 0.6) is 0 Å². The second-order valence-electron chi connectivity index (χ2n) is 6.71. The van der Waals surface area contributed by atoms with E-state index in [0.29, 0.717) is 30.3 Å². The van der Waals surface area contributed by atoms with Gasteiger partial charge in [-0.3, -0.25) is 9.59 Å². The number of carbonyl (C=O) groups excluding carboxylic acids is 2. The van der Waals surface area contributed by atoms with Crippen molar-refractivity contribution >= 4 is 40.2 Å². The highest BCUT2D eigenvalue weighted by Gasteiger charge is 2.35. The topological polar surface area (TPSA) is 64.4 Å². The molecule has 3 aromatic rings. The predicted octanol–water partition coefficient (Wildman–Crippen LogP) is 3.77. The maximum atomic E-state index is 12.7. The fourth-order valence-corrected chi connectivity index (χ4v) is 3.93. The minimum absolute atomic E-state index is 0.00663. The Kier molecular flexibility index (Phi) is 5.05. The maximum Gasteiger partial charge on any atom is 0.326 e. The van der Waals surface area contributed by atoms with E-state index in [0.717, 1.165) is 16.9 Å². The summed E-state index contributed by atoms with van der Waals surface area (Å²) in [7, 11) is 0. The van der Waals surface area contributed by atoms with Gasteiger partial charge in [0.05, 0.1) is 28.4 Å². The number of aromatic nitrogens is 2. The minimum atomic E-state index is -0.320. The first-order chi connectivity index (χ1) is 13.6. The second kappa shape index (κ2) is 7.64. The number of amides is 1. The van der Waals surface area contributed by atoms with Gasteiger partial charge >= 0.3 is 5.97 Å². The Balaban J connectivity index is 1.70. The standard InChI is InChI=1S/C21H20ClN3O3/c1-2-28-20(27)13-25-18-10-6-4-8-16(18)23-21(25)14-11-19(26)24(12-14)17-9-5-3-7-15(17)22/h3-10,14H,2,11-13H2,1H3/t14-/m0/s1. The zero-order chi connectivity index (χ0) is 19.7. The molecule has 1 amide bonds. The van der Waals surface area contributed by atoms with E-state index in [4.69, 9.17) is 21.3 Å². The molecule has 1 atom stereocenters. The molecular formula is C21H20ClN3O3. The van der Waals surface area contributed by atoms with Crippen LogP contribution in [0, 0.1) is 0 Å². The van der Waals surface area contributed by atoms with Gasteiger partial charge in [0.1, 0.15) is 12.4 Å². The number of hydrogen-bond donors (Lipinski definition) is 0. The summed E-state index contributed by atoms with van der Waals surface area (Å²) in [6.07, 6.45) is 0.317. The normalized spacial score (nSPS) is 16.7. The molecule has 1 fully saturated rings. The first-order valence-electron chi connectivity index (χ1n) is 9.24. The van der Waals surface area contributed by atoms with Crippen molar-refractivity contribution < 1.29 is 14.3 Å². The number of esters is 1. The maximum absolute atomic E-state index is 12.7. The number of carbonyl (C=O) groups is 2. The smallest absolute Gasteiger partial charge is 0.326 e. The zero-order valence-corrected chi connectivity index (χ0v) is 16.2. The van der Waals surface area contributed by atoms with E-state index in [9.17, 15) is 9.59 Å². The van der Waals surface area contributed by atoms with Crippen molar-refractivity contribution in [2.45, 2.75) is 25.8 Å². The van der Waals surface area contributed by atoms with E-state index in [1.54, 1.807) is 17.9 Å². The molecule has 0 unspecified atom stereocenters. The van der Waals surface area contributed by atoms with Crippen molar-refractivity contribution in [3.8, 4) is 0 Å². The molecule has 144 valence electrons. The predicted molar refractivity (Wildman–Crippen MR) is 108 cm³/mol. The third-order valence-electron chi connectivity index (χ3n) is 4.91. The number of imidazole rings is 1. The van der Waals surface area contributed by atoms with Crippen LogP contribution in [0.3, 0.4) is 0 Å². The molecule has 28 heavy (non-hydrogen) atoms. The number of fused-ring (bicyclic) bond motifs is 1. The number of nitrogens with zero attached hydrogens (tertiary/aromatic N) is 3. The second-order valence-corrected chi connectivity index (χ2v) is 7.11. The Hall–Kier alpha value is -2.86. The molecule has 0 saturated carbocycles. The summed E-state index contributed by atoms with van der Waals surface area (Å²) in [6, 6.07) is 14.9. The number of rotatable bonds is 5. The van der Waals surface area contributed by atoms with Gasteiger partial charge in [-0.05, 0) is 31.2 Å².